The smallest absolute Gasteiger partial charge is 0.234 e. The van der Waals surface area contributed by atoms with Crippen molar-refractivity contribution in [2.24, 2.45) is 4.99 Å². The van der Waals surface area contributed by atoms with Gasteiger partial charge in [-0.25, -0.2) is 0 Å². The normalized spacial score (nSPS) is 16.5. The van der Waals surface area contributed by atoms with E-state index in [-0.39, 0.29) is 35.9 Å². The quantitative estimate of drug-likeness (QED) is 0.357. The maximum absolute atomic E-state index is 11.9. The maximum atomic E-state index is 11.9. The number of hydrogen-bond acceptors (Lipinski definition) is 3. The standard InChI is InChI=1S/C21H35N5O.HI/c1-16(2)24-20(27)15-25-9-11-26(12-10-25)21(22-5)23-14-18(4)19-8-6-7-17(3)13-19;/h6-8,13,16,18H,9-12,14-15H2,1-5H3,(H,22,23)(H,24,27);1H. The van der Waals surface area contributed by atoms with Gasteiger partial charge in [0.25, 0.3) is 0 Å². The third-order valence-electron chi connectivity index (χ3n) is 4.88. The number of piperazine rings is 1. The summed E-state index contributed by atoms with van der Waals surface area (Å²) >= 11 is 0. The minimum absolute atomic E-state index is 0. The summed E-state index contributed by atoms with van der Waals surface area (Å²) in [6.45, 7) is 13.2. The van der Waals surface area contributed by atoms with E-state index in [2.05, 4.69) is 63.5 Å². The van der Waals surface area contributed by atoms with Crippen LogP contribution in [0.15, 0.2) is 29.3 Å². The highest BCUT2D eigenvalue weighted by Gasteiger charge is 2.21. The number of halogens is 1. The summed E-state index contributed by atoms with van der Waals surface area (Å²) in [5.41, 5.74) is 2.64. The van der Waals surface area contributed by atoms with Gasteiger partial charge in [0.1, 0.15) is 0 Å². The van der Waals surface area contributed by atoms with Gasteiger partial charge in [0, 0.05) is 45.8 Å². The van der Waals surface area contributed by atoms with Crippen molar-refractivity contribution >= 4 is 35.8 Å². The van der Waals surface area contributed by atoms with E-state index in [1.807, 2.05) is 20.9 Å². The van der Waals surface area contributed by atoms with Crippen LogP contribution in [0.1, 0.15) is 37.8 Å². The number of guanidine groups is 1. The molecule has 1 amide bonds. The average Bonchev–Trinajstić information content (AvgIpc) is 2.62. The van der Waals surface area contributed by atoms with Crippen LogP contribution in [0, 0.1) is 6.92 Å². The molecule has 1 atom stereocenters. The van der Waals surface area contributed by atoms with Crippen LogP contribution in [0.2, 0.25) is 0 Å². The Morgan fingerprint density at radius 3 is 2.43 bits per heavy atom. The lowest BCUT2D eigenvalue weighted by Crippen LogP contribution is -2.54. The highest BCUT2D eigenvalue weighted by molar-refractivity contribution is 14.0. The predicted octanol–water partition coefficient (Wildman–Crippen LogP) is 2.43. The molecule has 0 bridgehead atoms. The zero-order valence-corrected chi connectivity index (χ0v) is 20.2. The van der Waals surface area contributed by atoms with Crippen molar-refractivity contribution in [1.29, 1.82) is 0 Å². The molecule has 1 aliphatic heterocycles. The number of carbonyl (C=O) groups excluding carboxylic acids is 1. The minimum atomic E-state index is 0. The molecule has 1 saturated heterocycles. The van der Waals surface area contributed by atoms with Crippen molar-refractivity contribution in [3.8, 4) is 0 Å². The van der Waals surface area contributed by atoms with Gasteiger partial charge in [-0.3, -0.25) is 14.7 Å². The van der Waals surface area contributed by atoms with Crippen LogP contribution in [0.4, 0.5) is 0 Å². The third kappa shape index (κ3) is 7.95. The molecule has 0 spiro atoms. The second kappa shape index (κ2) is 12.3. The molecular weight excluding hydrogens is 465 g/mol. The number of aryl methyl sites for hydroxylation is 1. The first kappa shape index (κ1) is 24.7. The Morgan fingerprint density at radius 1 is 1.18 bits per heavy atom. The molecule has 1 aromatic carbocycles. The number of aliphatic imine (C=N–C) groups is 1. The van der Waals surface area contributed by atoms with Gasteiger partial charge >= 0.3 is 0 Å². The topological polar surface area (TPSA) is 60.0 Å². The molecule has 1 heterocycles. The van der Waals surface area contributed by atoms with E-state index in [1.54, 1.807) is 0 Å². The Balaban J connectivity index is 0.00000392. The molecule has 28 heavy (non-hydrogen) atoms. The molecule has 2 N–H and O–H groups in total. The van der Waals surface area contributed by atoms with Crippen molar-refractivity contribution < 1.29 is 4.79 Å². The molecule has 1 aliphatic rings. The number of hydrogen-bond donors (Lipinski definition) is 2. The van der Waals surface area contributed by atoms with Crippen LogP contribution in [0.5, 0.6) is 0 Å². The first-order valence-electron chi connectivity index (χ1n) is 9.93. The van der Waals surface area contributed by atoms with Crippen molar-refractivity contribution in [2.75, 3.05) is 46.3 Å². The largest absolute Gasteiger partial charge is 0.356 e. The van der Waals surface area contributed by atoms with Gasteiger partial charge in [-0.1, -0.05) is 36.8 Å². The number of rotatable bonds is 6. The zero-order valence-electron chi connectivity index (χ0n) is 17.9. The molecule has 0 aliphatic carbocycles. The van der Waals surface area contributed by atoms with Gasteiger partial charge in [0.05, 0.1) is 6.54 Å². The van der Waals surface area contributed by atoms with Crippen molar-refractivity contribution in [1.82, 2.24) is 20.4 Å². The summed E-state index contributed by atoms with van der Waals surface area (Å²) < 4.78 is 0. The van der Waals surface area contributed by atoms with E-state index in [0.717, 1.165) is 38.7 Å². The average molecular weight is 501 g/mol. The third-order valence-corrected chi connectivity index (χ3v) is 4.88. The molecule has 0 saturated carbocycles. The summed E-state index contributed by atoms with van der Waals surface area (Å²) in [4.78, 5) is 20.9. The number of nitrogens with one attached hydrogen (secondary N) is 2. The summed E-state index contributed by atoms with van der Waals surface area (Å²) in [6, 6.07) is 8.87. The van der Waals surface area contributed by atoms with Crippen molar-refractivity contribution in [2.45, 2.75) is 39.7 Å². The second-order valence-electron chi connectivity index (χ2n) is 7.73. The molecule has 1 aromatic rings. The van der Waals surface area contributed by atoms with Crippen LogP contribution >= 0.6 is 24.0 Å². The first-order chi connectivity index (χ1) is 12.9. The molecule has 158 valence electrons. The van der Waals surface area contributed by atoms with E-state index in [4.69, 9.17) is 0 Å². The molecule has 7 heteroatoms. The number of nitrogens with zero attached hydrogens (tertiary/aromatic N) is 3. The fourth-order valence-electron chi connectivity index (χ4n) is 3.36. The van der Waals surface area contributed by atoms with Gasteiger partial charge in [0.2, 0.25) is 5.91 Å². The first-order valence-corrected chi connectivity index (χ1v) is 9.93. The summed E-state index contributed by atoms with van der Waals surface area (Å²) in [5.74, 6) is 1.47. The van der Waals surface area contributed by atoms with Crippen LogP contribution in [0.25, 0.3) is 0 Å². The molecule has 0 radical (unpaired) electrons. The van der Waals surface area contributed by atoms with Crippen LogP contribution in [0.3, 0.4) is 0 Å². The highest BCUT2D eigenvalue weighted by atomic mass is 127. The SMILES string of the molecule is CN=C(NCC(C)c1cccc(C)c1)N1CCN(CC(=O)NC(C)C)CC1.I. The molecule has 2 rings (SSSR count). The fraction of sp³-hybridized carbons (Fsp3) is 0.619. The molecule has 1 unspecified atom stereocenters. The molecular formula is C21H36IN5O. The Morgan fingerprint density at radius 2 is 1.86 bits per heavy atom. The highest BCUT2D eigenvalue weighted by Crippen LogP contribution is 2.15. The summed E-state index contributed by atoms with van der Waals surface area (Å²) in [6.07, 6.45) is 0. The van der Waals surface area contributed by atoms with Crippen molar-refractivity contribution in [3.05, 3.63) is 35.4 Å². The Hall–Kier alpha value is -1.35. The lowest BCUT2D eigenvalue weighted by atomic mass is 9.99. The van der Waals surface area contributed by atoms with Gasteiger partial charge in [-0.2, -0.15) is 0 Å². The van der Waals surface area contributed by atoms with Gasteiger partial charge < -0.3 is 15.5 Å². The summed E-state index contributed by atoms with van der Waals surface area (Å²) in [7, 11) is 1.84. The second-order valence-corrected chi connectivity index (χ2v) is 7.73. The van der Waals surface area contributed by atoms with Gasteiger partial charge in [0.15, 0.2) is 5.96 Å². The van der Waals surface area contributed by atoms with E-state index in [9.17, 15) is 4.79 Å². The van der Waals surface area contributed by atoms with Crippen LogP contribution in [-0.4, -0.2) is 74.0 Å². The van der Waals surface area contributed by atoms with Crippen LogP contribution in [-0.2, 0) is 4.79 Å². The minimum Gasteiger partial charge on any atom is -0.356 e. The fourth-order valence-corrected chi connectivity index (χ4v) is 3.36. The maximum Gasteiger partial charge on any atom is 0.234 e. The Kier molecular flexibility index (Phi) is 10.8. The lowest BCUT2D eigenvalue weighted by molar-refractivity contribution is -0.123. The Labute approximate surface area is 187 Å². The lowest BCUT2D eigenvalue weighted by Gasteiger charge is -2.36. The van der Waals surface area contributed by atoms with Gasteiger partial charge in [-0.15, -0.1) is 24.0 Å². The van der Waals surface area contributed by atoms with E-state index in [0.29, 0.717) is 12.5 Å². The zero-order chi connectivity index (χ0) is 19.8. The summed E-state index contributed by atoms with van der Waals surface area (Å²) in [5, 5.41) is 6.47. The number of carbonyl (C=O) groups is 1. The number of benzene rings is 1. The van der Waals surface area contributed by atoms with Crippen LogP contribution < -0.4 is 10.6 Å². The predicted molar refractivity (Wildman–Crippen MR) is 128 cm³/mol. The number of amides is 1. The molecule has 0 aromatic heterocycles. The molecule has 1 fully saturated rings. The van der Waals surface area contributed by atoms with E-state index < -0.39 is 0 Å². The van der Waals surface area contributed by atoms with Crippen molar-refractivity contribution in [3.63, 3.8) is 0 Å². The van der Waals surface area contributed by atoms with E-state index in [1.165, 1.54) is 11.1 Å². The van der Waals surface area contributed by atoms with Gasteiger partial charge in [-0.05, 0) is 32.3 Å². The van der Waals surface area contributed by atoms with E-state index >= 15 is 0 Å². The monoisotopic (exact) mass is 501 g/mol. The molecule has 6 nitrogen and oxygen atoms in total. The Bertz CT molecular complexity index is 641.